The molecule has 0 aromatic heterocycles. The Bertz CT molecular complexity index is 492. The van der Waals surface area contributed by atoms with Crippen molar-refractivity contribution in [3.8, 4) is 11.1 Å². The zero-order chi connectivity index (χ0) is 10.8. The van der Waals surface area contributed by atoms with Gasteiger partial charge in [0.05, 0.1) is 0 Å². The summed E-state index contributed by atoms with van der Waals surface area (Å²) in [5, 5.41) is 0. The van der Waals surface area contributed by atoms with Gasteiger partial charge in [-0.1, -0.05) is 46.3 Å². The summed E-state index contributed by atoms with van der Waals surface area (Å²) in [5.41, 5.74) is 3.66. The molecule has 0 aliphatic rings. The predicted octanol–water partition coefficient (Wildman–Crippen LogP) is 4.71. The van der Waals surface area contributed by atoms with E-state index < -0.39 is 0 Å². The maximum absolute atomic E-state index is 4.48. The first-order valence-corrected chi connectivity index (χ1v) is 5.97. The van der Waals surface area contributed by atoms with Crippen LogP contribution in [0.4, 0.5) is 0 Å². The number of halogens is 1. The second-order valence-electron chi connectivity index (χ2n) is 3.43. The van der Waals surface area contributed by atoms with E-state index in [1.807, 2.05) is 24.3 Å². The van der Waals surface area contributed by atoms with Crippen molar-refractivity contribution in [2.24, 2.45) is 0 Å². The van der Waals surface area contributed by atoms with Gasteiger partial charge in [0, 0.05) is 9.37 Å². The van der Waals surface area contributed by atoms with Crippen LogP contribution in [0.25, 0.3) is 11.1 Å². The SMILES string of the molecule is Cc1c(Br)cccc1-c1ccccc1S. The fourth-order valence-electron chi connectivity index (χ4n) is 1.60. The topological polar surface area (TPSA) is 0 Å². The molecule has 76 valence electrons. The van der Waals surface area contributed by atoms with E-state index in [2.05, 4.69) is 53.7 Å². The highest BCUT2D eigenvalue weighted by atomic mass is 79.9. The molecule has 2 aromatic rings. The highest BCUT2D eigenvalue weighted by Crippen LogP contribution is 2.32. The fraction of sp³-hybridized carbons (Fsp3) is 0.0769. The smallest absolute Gasteiger partial charge is 0.0210 e. The van der Waals surface area contributed by atoms with E-state index in [9.17, 15) is 0 Å². The van der Waals surface area contributed by atoms with Gasteiger partial charge in [0.1, 0.15) is 0 Å². The minimum absolute atomic E-state index is 1.01. The summed E-state index contributed by atoms with van der Waals surface area (Å²) in [7, 11) is 0. The fourth-order valence-corrected chi connectivity index (χ4v) is 2.25. The largest absolute Gasteiger partial charge is 0.143 e. The molecule has 0 nitrogen and oxygen atoms in total. The molecule has 0 saturated carbocycles. The van der Waals surface area contributed by atoms with Crippen molar-refractivity contribution in [1.29, 1.82) is 0 Å². The highest BCUT2D eigenvalue weighted by Gasteiger charge is 2.06. The van der Waals surface area contributed by atoms with Gasteiger partial charge >= 0.3 is 0 Å². The van der Waals surface area contributed by atoms with Crippen LogP contribution in [-0.4, -0.2) is 0 Å². The Morgan fingerprint density at radius 2 is 1.60 bits per heavy atom. The summed E-state index contributed by atoms with van der Waals surface area (Å²) >= 11 is 8.02. The zero-order valence-electron chi connectivity index (χ0n) is 8.37. The maximum Gasteiger partial charge on any atom is 0.0210 e. The Balaban J connectivity index is 2.65. The quantitative estimate of drug-likeness (QED) is 0.718. The van der Waals surface area contributed by atoms with E-state index in [0.29, 0.717) is 0 Å². The Hall–Kier alpha value is -0.730. The molecule has 0 saturated heterocycles. The van der Waals surface area contributed by atoms with Crippen LogP contribution in [0.3, 0.4) is 0 Å². The summed E-state index contributed by atoms with van der Waals surface area (Å²) < 4.78 is 1.14. The Labute approximate surface area is 104 Å². The van der Waals surface area contributed by atoms with Crippen molar-refractivity contribution in [3.63, 3.8) is 0 Å². The van der Waals surface area contributed by atoms with Crippen LogP contribution >= 0.6 is 28.6 Å². The number of hydrogen-bond acceptors (Lipinski definition) is 1. The van der Waals surface area contributed by atoms with E-state index in [-0.39, 0.29) is 0 Å². The van der Waals surface area contributed by atoms with Gasteiger partial charge in [-0.15, -0.1) is 12.6 Å². The average Bonchev–Trinajstić information content (AvgIpc) is 2.23. The minimum Gasteiger partial charge on any atom is -0.143 e. The van der Waals surface area contributed by atoms with Gasteiger partial charge in [-0.25, -0.2) is 0 Å². The van der Waals surface area contributed by atoms with Crippen molar-refractivity contribution in [2.75, 3.05) is 0 Å². The van der Waals surface area contributed by atoms with Crippen molar-refractivity contribution >= 4 is 28.6 Å². The molecule has 0 amide bonds. The number of thiol groups is 1. The normalized spacial score (nSPS) is 10.3. The molecule has 2 aromatic carbocycles. The van der Waals surface area contributed by atoms with Crippen LogP contribution < -0.4 is 0 Å². The molecule has 0 unspecified atom stereocenters. The van der Waals surface area contributed by atoms with Crippen molar-refractivity contribution in [2.45, 2.75) is 11.8 Å². The first-order valence-electron chi connectivity index (χ1n) is 4.73. The van der Waals surface area contributed by atoms with E-state index >= 15 is 0 Å². The molecular formula is C13H11BrS. The van der Waals surface area contributed by atoms with Crippen LogP contribution in [0.2, 0.25) is 0 Å². The molecule has 0 atom stereocenters. The molecule has 0 spiro atoms. The first kappa shape index (κ1) is 10.8. The molecule has 0 bridgehead atoms. The first-order chi connectivity index (χ1) is 7.20. The summed E-state index contributed by atoms with van der Waals surface area (Å²) in [5.74, 6) is 0. The van der Waals surface area contributed by atoms with Gasteiger partial charge in [0.25, 0.3) is 0 Å². The number of hydrogen-bond donors (Lipinski definition) is 1. The average molecular weight is 279 g/mol. The monoisotopic (exact) mass is 278 g/mol. The van der Waals surface area contributed by atoms with Crippen LogP contribution in [0.5, 0.6) is 0 Å². The highest BCUT2D eigenvalue weighted by molar-refractivity contribution is 9.10. The van der Waals surface area contributed by atoms with Gasteiger partial charge in [-0.3, -0.25) is 0 Å². The van der Waals surface area contributed by atoms with E-state index in [4.69, 9.17) is 0 Å². The van der Waals surface area contributed by atoms with Gasteiger partial charge < -0.3 is 0 Å². The lowest BCUT2D eigenvalue weighted by atomic mass is 10.0. The molecule has 0 N–H and O–H groups in total. The maximum atomic E-state index is 4.48. The van der Waals surface area contributed by atoms with Crippen molar-refractivity contribution in [3.05, 3.63) is 52.5 Å². The molecule has 2 heteroatoms. The third-order valence-corrected chi connectivity index (χ3v) is 3.71. The summed E-state index contributed by atoms with van der Waals surface area (Å²) in [4.78, 5) is 1.01. The van der Waals surface area contributed by atoms with Gasteiger partial charge in [0.2, 0.25) is 0 Å². The standard InChI is InChI=1S/C13H11BrS/c1-9-10(6-4-7-12(9)14)11-5-2-3-8-13(11)15/h2-8,15H,1H3. The van der Waals surface area contributed by atoms with Gasteiger partial charge in [-0.05, 0) is 35.7 Å². The third-order valence-electron chi connectivity index (χ3n) is 2.46. The molecule has 0 fully saturated rings. The summed E-state index contributed by atoms with van der Waals surface area (Å²) in [6.45, 7) is 2.11. The number of rotatable bonds is 1. The Morgan fingerprint density at radius 1 is 0.933 bits per heavy atom. The third kappa shape index (κ3) is 2.11. The lowest BCUT2D eigenvalue weighted by Gasteiger charge is -2.09. The van der Waals surface area contributed by atoms with Gasteiger partial charge in [0.15, 0.2) is 0 Å². The van der Waals surface area contributed by atoms with E-state index in [1.165, 1.54) is 16.7 Å². The molecule has 0 aliphatic heterocycles. The minimum atomic E-state index is 1.01. The van der Waals surface area contributed by atoms with Gasteiger partial charge in [-0.2, -0.15) is 0 Å². The van der Waals surface area contributed by atoms with Crippen molar-refractivity contribution < 1.29 is 0 Å². The second-order valence-corrected chi connectivity index (χ2v) is 4.77. The molecule has 2 rings (SSSR count). The van der Waals surface area contributed by atoms with Crippen LogP contribution in [0.1, 0.15) is 5.56 Å². The molecular weight excluding hydrogens is 268 g/mol. The molecule has 15 heavy (non-hydrogen) atoms. The van der Waals surface area contributed by atoms with Crippen LogP contribution in [0.15, 0.2) is 51.8 Å². The lowest BCUT2D eigenvalue weighted by molar-refractivity contribution is 1.38. The molecule has 0 radical (unpaired) electrons. The summed E-state index contributed by atoms with van der Waals surface area (Å²) in [6.07, 6.45) is 0. The Morgan fingerprint density at radius 3 is 2.33 bits per heavy atom. The van der Waals surface area contributed by atoms with Crippen LogP contribution in [-0.2, 0) is 0 Å². The van der Waals surface area contributed by atoms with Crippen LogP contribution in [0, 0.1) is 6.92 Å². The van der Waals surface area contributed by atoms with E-state index in [1.54, 1.807) is 0 Å². The second kappa shape index (κ2) is 4.42. The molecule has 0 heterocycles. The Kier molecular flexibility index (Phi) is 3.17. The lowest BCUT2D eigenvalue weighted by Crippen LogP contribution is -1.85. The zero-order valence-corrected chi connectivity index (χ0v) is 10.8. The van der Waals surface area contributed by atoms with E-state index in [0.717, 1.165) is 9.37 Å². The molecule has 0 aliphatic carbocycles. The predicted molar refractivity (Wildman–Crippen MR) is 71.6 cm³/mol. The summed E-state index contributed by atoms with van der Waals surface area (Å²) in [6, 6.07) is 14.4. The number of benzene rings is 2. The van der Waals surface area contributed by atoms with Crippen molar-refractivity contribution in [1.82, 2.24) is 0 Å².